The second-order valence-electron chi connectivity index (χ2n) is 10.4. The number of rotatable bonds is 5. The molecule has 6 aromatic rings. The highest BCUT2D eigenvalue weighted by molar-refractivity contribution is 7.85. The summed E-state index contributed by atoms with van der Waals surface area (Å²) in [6.07, 6.45) is -0.0834. The third-order valence-corrected chi connectivity index (χ3v) is 11.0. The first-order valence-electron chi connectivity index (χ1n) is 13.7. The van der Waals surface area contributed by atoms with E-state index in [0.717, 1.165) is 51.0 Å². The fourth-order valence-electron chi connectivity index (χ4n) is 5.86. The molecule has 1 nitrogen and oxygen atoms in total. The highest BCUT2D eigenvalue weighted by atomic mass is 31.2. The molecule has 6 heteroatoms. The van der Waals surface area contributed by atoms with Crippen molar-refractivity contribution in [1.82, 2.24) is 0 Å². The molecule has 1 unspecified atom stereocenters. The third kappa shape index (κ3) is 4.62. The Labute approximate surface area is 241 Å². The van der Waals surface area contributed by atoms with E-state index in [9.17, 15) is 13.2 Å². The Morgan fingerprint density at radius 1 is 0.714 bits per heavy atom. The molecule has 6 aromatic carbocycles. The van der Waals surface area contributed by atoms with E-state index in [4.69, 9.17) is 0 Å². The van der Waals surface area contributed by atoms with Crippen LogP contribution in [-0.2, 0) is 10.7 Å². The average molecular weight is 583 g/mol. The van der Waals surface area contributed by atoms with Crippen molar-refractivity contribution in [3.63, 3.8) is 0 Å². The zero-order valence-electron chi connectivity index (χ0n) is 23.0. The first-order chi connectivity index (χ1) is 20.1. The lowest BCUT2D eigenvalue weighted by atomic mass is 9.99. The van der Waals surface area contributed by atoms with E-state index < -0.39 is 24.7 Å². The standard InChI is InChI=1S/C36H27F4OP/c1-3-4-13-29-23(2)34(18-24-11-5-7-14-30(24)29)42(41,28-21-26(36(38,39)40)20-27(37)22-28)35-19-25-12-6-8-15-31(25)32-16-9-10-17-33(32)35/h4-22H,3H2,1-2H3/b13-4-. The van der Waals surface area contributed by atoms with Gasteiger partial charge in [-0.2, -0.15) is 13.2 Å². The Bertz CT molecular complexity index is 2070. The van der Waals surface area contributed by atoms with Gasteiger partial charge in [0.15, 0.2) is 7.14 Å². The van der Waals surface area contributed by atoms with Gasteiger partial charge < -0.3 is 4.57 Å². The summed E-state index contributed by atoms with van der Waals surface area (Å²) < 4.78 is 73.2. The van der Waals surface area contributed by atoms with E-state index >= 15 is 8.96 Å². The summed E-state index contributed by atoms with van der Waals surface area (Å²) in [6, 6.07) is 28.7. The van der Waals surface area contributed by atoms with Crippen LogP contribution in [0, 0.1) is 12.7 Å². The van der Waals surface area contributed by atoms with Crippen LogP contribution in [0.1, 0.15) is 30.0 Å². The molecule has 0 aliphatic carbocycles. The summed E-state index contributed by atoms with van der Waals surface area (Å²) in [5, 5.41) is 5.50. The van der Waals surface area contributed by atoms with Crippen molar-refractivity contribution in [3.05, 3.63) is 132 Å². The Kier molecular flexibility index (Phi) is 7.03. The maximum Gasteiger partial charge on any atom is 0.416 e. The third-order valence-electron chi connectivity index (χ3n) is 7.85. The molecule has 1 atom stereocenters. The van der Waals surface area contributed by atoms with Gasteiger partial charge in [-0.3, -0.25) is 0 Å². The zero-order valence-corrected chi connectivity index (χ0v) is 23.9. The topological polar surface area (TPSA) is 17.1 Å². The summed E-state index contributed by atoms with van der Waals surface area (Å²) in [4.78, 5) is 0. The Morgan fingerprint density at radius 2 is 1.29 bits per heavy atom. The number of halogens is 4. The molecular weight excluding hydrogens is 555 g/mol. The number of benzene rings is 6. The lowest BCUT2D eigenvalue weighted by Gasteiger charge is -2.26. The summed E-state index contributed by atoms with van der Waals surface area (Å²) in [7, 11) is -4.12. The number of fused-ring (bicyclic) bond motifs is 4. The quantitative estimate of drug-likeness (QED) is 0.112. The van der Waals surface area contributed by atoms with E-state index in [1.54, 1.807) is 12.1 Å². The number of hydrogen-bond acceptors (Lipinski definition) is 1. The number of hydrogen-bond donors (Lipinski definition) is 0. The predicted molar refractivity (Wildman–Crippen MR) is 167 cm³/mol. The molecule has 0 radical (unpaired) electrons. The van der Waals surface area contributed by atoms with Crippen LogP contribution >= 0.6 is 7.14 Å². The first-order valence-corrected chi connectivity index (χ1v) is 15.4. The smallest absolute Gasteiger partial charge is 0.309 e. The summed E-state index contributed by atoms with van der Waals surface area (Å²) in [6.45, 7) is 3.85. The molecule has 0 spiro atoms. The van der Waals surface area contributed by atoms with E-state index in [1.807, 2.05) is 98.8 Å². The molecule has 0 aliphatic heterocycles. The Balaban J connectivity index is 1.83. The van der Waals surface area contributed by atoms with Gasteiger partial charge in [-0.05, 0) is 87.1 Å². The molecule has 0 saturated heterocycles. The molecule has 0 amide bonds. The minimum Gasteiger partial charge on any atom is -0.309 e. The second kappa shape index (κ2) is 10.6. The fourth-order valence-corrected chi connectivity index (χ4v) is 9.07. The van der Waals surface area contributed by atoms with Crippen molar-refractivity contribution >= 4 is 61.4 Å². The highest BCUT2D eigenvalue weighted by Gasteiger charge is 2.38. The van der Waals surface area contributed by atoms with Crippen LogP contribution in [-0.4, -0.2) is 0 Å². The van der Waals surface area contributed by atoms with Gasteiger partial charge in [0.2, 0.25) is 0 Å². The molecule has 0 heterocycles. The monoisotopic (exact) mass is 582 g/mol. The van der Waals surface area contributed by atoms with Crippen LogP contribution in [0.5, 0.6) is 0 Å². The van der Waals surface area contributed by atoms with Gasteiger partial charge in [-0.25, -0.2) is 4.39 Å². The van der Waals surface area contributed by atoms with Crippen LogP contribution in [0.4, 0.5) is 17.6 Å². The van der Waals surface area contributed by atoms with Crippen LogP contribution in [0.3, 0.4) is 0 Å². The summed E-state index contributed by atoms with van der Waals surface area (Å²) in [5.74, 6) is -1.09. The normalized spacial score (nSPS) is 13.8. The SMILES string of the molecule is CC/C=C\c1c(C)c(P(=O)(c2cc(F)cc(C(F)(F)F)c2)c2cc3ccccc3c3ccccc23)cc2ccccc12. The molecule has 42 heavy (non-hydrogen) atoms. The average Bonchev–Trinajstić information content (AvgIpc) is 2.99. The van der Waals surface area contributed by atoms with E-state index in [0.29, 0.717) is 27.6 Å². The second-order valence-corrected chi connectivity index (χ2v) is 13.1. The van der Waals surface area contributed by atoms with Crippen molar-refractivity contribution in [2.45, 2.75) is 26.4 Å². The lowest BCUT2D eigenvalue weighted by Crippen LogP contribution is -2.29. The van der Waals surface area contributed by atoms with Crippen LogP contribution in [0.15, 0.2) is 109 Å². The maximum absolute atomic E-state index is 16.0. The van der Waals surface area contributed by atoms with Crippen molar-refractivity contribution in [1.29, 1.82) is 0 Å². The molecule has 210 valence electrons. The van der Waals surface area contributed by atoms with E-state index in [1.165, 1.54) is 0 Å². The van der Waals surface area contributed by atoms with Gasteiger partial charge in [0.25, 0.3) is 0 Å². The zero-order chi connectivity index (χ0) is 29.6. The molecular formula is C36H27F4OP. The lowest BCUT2D eigenvalue weighted by molar-refractivity contribution is -0.137. The minimum absolute atomic E-state index is 0.195. The molecule has 0 saturated carbocycles. The van der Waals surface area contributed by atoms with Crippen molar-refractivity contribution in [2.75, 3.05) is 0 Å². The van der Waals surface area contributed by atoms with Crippen LogP contribution in [0.25, 0.3) is 38.4 Å². The molecule has 0 bridgehead atoms. The molecule has 0 fully saturated rings. The van der Waals surface area contributed by atoms with E-state index in [2.05, 4.69) is 0 Å². The van der Waals surface area contributed by atoms with E-state index in [-0.39, 0.29) is 5.30 Å². The van der Waals surface area contributed by atoms with Gasteiger partial charge in [-0.15, -0.1) is 0 Å². The molecule has 0 aromatic heterocycles. The Hall–Kier alpha value is -4.21. The van der Waals surface area contributed by atoms with Crippen molar-refractivity contribution in [2.24, 2.45) is 0 Å². The van der Waals surface area contributed by atoms with Gasteiger partial charge in [-0.1, -0.05) is 91.9 Å². The number of allylic oxidation sites excluding steroid dienone is 1. The van der Waals surface area contributed by atoms with Gasteiger partial charge in [0.1, 0.15) is 5.82 Å². The maximum atomic E-state index is 16.0. The van der Waals surface area contributed by atoms with Gasteiger partial charge in [0, 0.05) is 15.9 Å². The Morgan fingerprint density at radius 3 is 1.95 bits per heavy atom. The van der Waals surface area contributed by atoms with Crippen molar-refractivity contribution < 1.29 is 22.1 Å². The first kappa shape index (κ1) is 27.9. The number of alkyl halides is 3. The minimum atomic E-state index is -4.82. The van der Waals surface area contributed by atoms with Gasteiger partial charge >= 0.3 is 6.18 Å². The fraction of sp³-hybridized carbons (Fsp3) is 0.111. The predicted octanol–water partition coefficient (Wildman–Crippen LogP) is 9.68. The highest BCUT2D eigenvalue weighted by Crippen LogP contribution is 2.49. The summed E-state index contributed by atoms with van der Waals surface area (Å²) >= 11 is 0. The van der Waals surface area contributed by atoms with Crippen LogP contribution < -0.4 is 15.9 Å². The molecule has 0 N–H and O–H groups in total. The summed E-state index contributed by atoms with van der Waals surface area (Å²) in [5.41, 5.74) is 0.340. The largest absolute Gasteiger partial charge is 0.416 e. The molecule has 6 rings (SSSR count). The van der Waals surface area contributed by atoms with Crippen LogP contribution in [0.2, 0.25) is 0 Å². The molecule has 0 aliphatic rings. The van der Waals surface area contributed by atoms with Gasteiger partial charge in [0.05, 0.1) is 5.56 Å². The van der Waals surface area contributed by atoms with Crippen molar-refractivity contribution in [3.8, 4) is 0 Å².